The standard InChI is InChI=1S/C23H26N2O4/c1-29-14-12-24-22(27)20-11-6-13-25(20)21(26)15-23(28)18-9-4-2-7-16(18)17-8-3-5-10-19(17)23/h2-5,7-10,20,28H,6,11-15H2,1H3,(H,24,27)/t20-/m0/s1. The predicted molar refractivity (Wildman–Crippen MR) is 109 cm³/mol. The van der Waals surface area contributed by atoms with Crippen LogP contribution in [0.25, 0.3) is 11.1 Å². The zero-order valence-corrected chi connectivity index (χ0v) is 16.6. The van der Waals surface area contributed by atoms with Crippen molar-refractivity contribution >= 4 is 11.8 Å². The molecule has 0 radical (unpaired) electrons. The van der Waals surface area contributed by atoms with E-state index in [2.05, 4.69) is 5.32 Å². The van der Waals surface area contributed by atoms with Crippen molar-refractivity contribution in [3.63, 3.8) is 0 Å². The molecule has 1 atom stereocenters. The van der Waals surface area contributed by atoms with E-state index < -0.39 is 11.6 Å². The number of likely N-dealkylation sites (tertiary alicyclic amines) is 1. The number of amides is 2. The number of carbonyl (C=O) groups excluding carboxylic acids is 2. The molecular formula is C23H26N2O4. The largest absolute Gasteiger partial charge is 0.383 e. The summed E-state index contributed by atoms with van der Waals surface area (Å²) in [6, 6.07) is 14.8. The Balaban J connectivity index is 1.57. The first-order valence-electron chi connectivity index (χ1n) is 10.0. The van der Waals surface area contributed by atoms with Gasteiger partial charge in [0.25, 0.3) is 0 Å². The molecule has 2 aliphatic rings. The van der Waals surface area contributed by atoms with Gasteiger partial charge >= 0.3 is 0 Å². The van der Waals surface area contributed by atoms with Crippen LogP contribution in [-0.2, 0) is 19.9 Å². The number of hydrogen-bond donors (Lipinski definition) is 2. The summed E-state index contributed by atoms with van der Waals surface area (Å²) in [6.45, 7) is 1.37. The molecule has 1 aliphatic heterocycles. The lowest BCUT2D eigenvalue weighted by Crippen LogP contribution is -2.48. The van der Waals surface area contributed by atoms with E-state index in [1.54, 1.807) is 12.0 Å². The number of rotatable bonds is 6. The lowest BCUT2D eigenvalue weighted by Gasteiger charge is -2.30. The number of methoxy groups -OCH3 is 1. The van der Waals surface area contributed by atoms with Gasteiger partial charge in [-0.2, -0.15) is 0 Å². The first-order chi connectivity index (χ1) is 14.1. The Bertz CT molecular complexity index is 881. The highest BCUT2D eigenvalue weighted by Crippen LogP contribution is 2.49. The third-order valence-corrected chi connectivity index (χ3v) is 5.92. The fourth-order valence-corrected chi connectivity index (χ4v) is 4.55. The Hall–Kier alpha value is -2.70. The molecule has 2 aromatic carbocycles. The summed E-state index contributed by atoms with van der Waals surface area (Å²) in [5.41, 5.74) is 2.01. The molecular weight excluding hydrogens is 368 g/mol. The van der Waals surface area contributed by atoms with Gasteiger partial charge in [-0.15, -0.1) is 0 Å². The van der Waals surface area contributed by atoms with E-state index in [0.717, 1.165) is 28.7 Å². The van der Waals surface area contributed by atoms with Gasteiger partial charge in [0.05, 0.1) is 13.0 Å². The number of hydrogen-bond acceptors (Lipinski definition) is 4. The number of aliphatic hydroxyl groups is 1. The fraction of sp³-hybridized carbons (Fsp3) is 0.391. The molecule has 6 nitrogen and oxygen atoms in total. The number of benzene rings is 2. The van der Waals surface area contributed by atoms with Gasteiger partial charge < -0.3 is 20.1 Å². The molecule has 0 spiro atoms. The summed E-state index contributed by atoms with van der Waals surface area (Å²) in [5.74, 6) is -0.365. The average molecular weight is 394 g/mol. The second-order valence-electron chi connectivity index (χ2n) is 7.66. The molecule has 2 aromatic rings. The molecule has 29 heavy (non-hydrogen) atoms. The van der Waals surface area contributed by atoms with Crippen molar-refractivity contribution < 1.29 is 19.4 Å². The summed E-state index contributed by atoms with van der Waals surface area (Å²) in [4.78, 5) is 27.4. The first-order valence-corrected chi connectivity index (χ1v) is 10.0. The van der Waals surface area contributed by atoms with Gasteiger partial charge in [-0.1, -0.05) is 48.5 Å². The van der Waals surface area contributed by atoms with Gasteiger partial charge in [-0.25, -0.2) is 0 Å². The number of nitrogens with zero attached hydrogens (tertiary/aromatic N) is 1. The molecule has 1 aliphatic carbocycles. The molecule has 1 saturated heterocycles. The Morgan fingerprint density at radius 2 is 1.76 bits per heavy atom. The van der Waals surface area contributed by atoms with Crippen LogP contribution < -0.4 is 5.32 Å². The zero-order valence-electron chi connectivity index (χ0n) is 16.6. The third-order valence-electron chi connectivity index (χ3n) is 5.92. The Morgan fingerprint density at radius 3 is 2.38 bits per heavy atom. The zero-order chi connectivity index (χ0) is 20.4. The van der Waals surface area contributed by atoms with Crippen LogP contribution in [0.5, 0.6) is 0 Å². The maximum atomic E-state index is 13.2. The molecule has 2 amide bonds. The summed E-state index contributed by atoms with van der Waals surface area (Å²) >= 11 is 0. The molecule has 0 unspecified atom stereocenters. The SMILES string of the molecule is COCCNC(=O)[C@@H]1CCCN1C(=O)CC1(O)c2ccccc2-c2ccccc21. The minimum absolute atomic E-state index is 0.0805. The minimum Gasteiger partial charge on any atom is -0.383 e. The van der Waals surface area contributed by atoms with Crippen LogP contribution >= 0.6 is 0 Å². The van der Waals surface area contributed by atoms with E-state index >= 15 is 0 Å². The second kappa shape index (κ2) is 7.97. The maximum absolute atomic E-state index is 13.2. The number of fused-ring (bicyclic) bond motifs is 3. The van der Waals surface area contributed by atoms with E-state index in [-0.39, 0.29) is 18.2 Å². The van der Waals surface area contributed by atoms with Crippen LogP contribution in [0.2, 0.25) is 0 Å². The second-order valence-corrected chi connectivity index (χ2v) is 7.66. The maximum Gasteiger partial charge on any atom is 0.242 e. The molecule has 6 heteroatoms. The molecule has 0 bridgehead atoms. The normalized spacial score (nSPS) is 19.0. The third kappa shape index (κ3) is 3.43. The van der Waals surface area contributed by atoms with E-state index in [4.69, 9.17) is 4.74 Å². The predicted octanol–water partition coefficient (Wildman–Crippen LogP) is 2.05. The summed E-state index contributed by atoms with van der Waals surface area (Å²) in [7, 11) is 1.58. The lowest BCUT2D eigenvalue weighted by atomic mass is 9.87. The van der Waals surface area contributed by atoms with E-state index in [9.17, 15) is 14.7 Å². The average Bonchev–Trinajstić information content (AvgIpc) is 3.32. The number of nitrogens with one attached hydrogen (secondary N) is 1. The van der Waals surface area contributed by atoms with Crippen molar-refractivity contribution in [2.45, 2.75) is 30.9 Å². The first kappa shape index (κ1) is 19.6. The van der Waals surface area contributed by atoms with Gasteiger partial charge in [0.1, 0.15) is 11.6 Å². The molecule has 4 rings (SSSR count). The highest BCUT2D eigenvalue weighted by atomic mass is 16.5. The lowest BCUT2D eigenvalue weighted by molar-refractivity contribution is -0.141. The summed E-state index contributed by atoms with van der Waals surface area (Å²) in [5, 5.41) is 14.5. The van der Waals surface area contributed by atoms with Gasteiger partial charge in [-0.3, -0.25) is 9.59 Å². The summed E-state index contributed by atoms with van der Waals surface area (Å²) < 4.78 is 4.97. The Kier molecular flexibility index (Phi) is 5.39. The molecule has 1 heterocycles. The molecule has 152 valence electrons. The smallest absolute Gasteiger partial charge is 0.242 e. The van der Waals surface area contributed by atoms with Crippen LogP contribution in [0.3, 0.4) is 0 Å². The van der Waals surface area contributed by atoms with E-state index in [0.29, 0.717) is 26.1 Å². The van der Waals surface area contributed by atoms with Crippen molar-refractivity contribution in [1.29, 1.82) is 0 Å². The van der Waals surface area contributed by atoms with Crippen molar-refractivity contribution in [3.05, 3.63) is 59.7 Å². The van der Waals surface area contributed by atoms with E-state index in [1.165, 1.54) is 0 Å². The van der Waals surface area contributed by atoms with Gasteiger partial charge in [-0.05, 0) is 35.1 Å². The van der Waals surface area contributed by atoms with Crippen LogP contribution in [0, 0.1) is 0 Å². The highest BCUT2D eigenvalue weighted by Gasteiger charge is 2.45. The van der Waals surface area contributed by atoms with Crippen LogP contribution in [0.15, 0.2) is 48.5 Å². The highest BCUT2D eigenvalue weighted by molar-refractivity contribution is 5.90. The summed E-state index contributed by atoms with van der Waals surface area (Å²) in [6.07, 6.45) is 1.33. The molecule has 1 fully saturated rings. The van der Waals surface area contributed by atoms with Crippen molar-refractivity contribution in [2.24, 2.45) is 0 Å². The van der Waals surface area contributed by atoms with Crippen molar-refractivity contribution in [1.82, 2.24) is 10.2 Å². The minimum atomic E-state index is -1.38. The van der Waals surface area contributed by atoms with Crippen LogP contribution in [0.4, 0.5) is 0 Å². The quantitative estimate of drug-likeness (QED) is 0.735. The van der Waals surface area contributed by atoms with Gasteiger partial charge in [0.2, 0.25) is 11.8 Å². The Labute approximate surface area is 170 Å². The van der Waals surface area contributed by atoms with E-state index in [1.807, 2.05) is 48.5 Å². The molecule has 0 aromatic heterocycles. The van der Waals surface area contributed by atoms with Crippen LogP contribution in [0.1, 0.15) is 30.4 Å². The van der Waals surface area contributed by atoms with Crippen LogP contribution in [-0.4, -0.2) is 54.7 Å². The molecule has 2 N–H and O–H groups in total. The van der Waals surface area contributed by atoms with Crippen molar-refractivity contribution in [2.75, 3.05) is 26.8 Å². The van der Waals surface area contributed by atoms with Crippen molar-refractivity contribution in [3.8, 4) is 11.1 Å². The number of carbonyl (C=O) groups is 2. The molecule has 0 saturated carbocycles. The topological polar surface area (TPSA) is 78.9 Å². The van der Waals surface area contributed by atoms with Gasteiger partial charge in [0.15, 0.2) is 0 Å². The fourth-order valence-electron chi connectivity index (χ4n) is 4.55. The Morgan fingerprint density at radius 1 is 1.14 bits per heavy atom. The monoisotopic (exact) mass is 394 g/mol. The van der Waals surface area contributed by atoms with Gasteiger partial charge in [0, 0.05) is 20.2 Å². The number of ether oxygens (including phenoxy) is 1.